The van der Waals surface area contributed by atoms with Gasteiger partial charge in [0.15, 0.2) is 0 Å². The molecule has 15 heavy (non-hydrogen) atoms. The number of hydrogen-bond acceptors (Lipinski definition) is 3. The van der Waals surface area contributed by atoms with E-state index < -0.39 is 0 Å². The Labute approximate surface area is 91.5 Å². The molecule has 3 unspecified atom stereocenters. The van der Waals surface area contributed by atoms with Crippen molar-refractivity contribution in [2.45, 2.75) is 32.9 Å². The van der Waals surface area contributed by atoms with Crippen molar-refractivity contribution >= 4 is 0 Å². The minimum absolute atomic E-state index is 0.219. The lowest BCUT2D eigenvalue weighted by molar-refractivity contribution is 0.202. The molecule has 2 N–H and O–H groups in total. The Balaban J connectivity index is 2.52. The van der Waals surface area contributed by atoms with Crippen LogP contribution in [0.15, 0.2) is 24.5 Å². The Hall–Kier alpha value is -0.930. The average molecular weight is 208 g/mol. The predicted molar refractivity (Wildman–Crippen MR) is 61.5 cm³/mol. The molecule has 0 amide bonds. The highest BCUT2D eigenvalue weighted by molar-refractivity contribution is 5.14. The molecular formula is C12H20N2O. The zero-order valence-corrected chi connectivity index (χ0v) is 9.64. The van der Waals surface area contributed by atoms with Crippen LogP contribution < -0.4 is 5.32 Å². The molecule has 0 aliphatic rings. The van der Waals surface area contributed by atoms with E-state index >= 15 is 0 Å². The van der Waals surface area contributed by atoms with E-state index in [2.05, 4.69) is 24.1 Å². The van der Waals surface area contributed by atoms with Gasteiger partial charge >= 0.3 is 0 Å². The van der Waals surface area contributed by atoms with Gasteiger partial charge in [0.2, 0.25) is 0 Å². The molecule has 1 aromatic heterocycles. The number of aliphatic hydroxyl groups is 1. The van der Waals surface area contributed by atoms with E-state index in [1.54, 1.807) is 12.4 Å². The maximum absolute atomic E-state index is 9.04. The first-order valence-electron chi connectivity index (χ1n) is 5.42. The Kier molecular flexibility index (Phi) is 4.72. The number of aromatic nitrogens is 1. The zero-order valence-electron chi connectivity index (χ0n) is 9.64. The van der Waals surface area contributed by atoms with Crippen LogP contribution in [-0.4, -0.2) is 22.7 Å². The van der Waals surface area contributed by atoms with Crippen LogP contribution in [-0.2, 0) is 0 Å². The fourth-order valence-corrected chi connectivity index (χ4v) is 1.47. The van der Waals surface area contributed by atoms with E-state index in [1.165, 1.54) is 5.56 Å². The second kappa shape index (κ2) is 5.83. The van der Waals surface area contributed by atoms with Gasteiger partial charge in [-0.1, -0.05) is 6.92 Å². The summed E-state index contributed by atoms with van der Waals surface area (Å²) in [6, 6.07) is 4.61. The third-order valence-electron chi connectivity index (χ3n) is 2.86. The molecule has 1 aromatic rings. The lowest BCUT2D eigenvalue weighted by atomic mass is 10.0. The summed E-state index contributed by atoms with van der Waals surface area (Å²) in [5.74, 6) is 0.272. The van der Waals surface area contributed by atoms with Gasteiger partial charge in [0.25, 0.3) is 0 Å². The van der Waals surface area contributed by atoms with Crippen LogP contribution in [0, 0.1) is 5.92 Å². The molecule has 1 rings (SSSR count). The van der Waals surface area contributed by atoms with Gasteiger partial charge in [0.1, 0.15) is 0 Å². The monoisotopic (exact) mass is 208 g/mol. The maximum atomic E-state index is 9.04. The Bertz CT molecular complexity index is 276. The summed E-state index contributed by atoms with van der Waals surface area (Å²) in [5, 5.41) is 12.5. The van der Waals surface area contributed by atoms with Gasteiger partial charge in [0, 0.05) is 31.1 Å². The fourth-order valence-electron chi connectivity index (χ4n) is 1.47. The molecule has 0 aliphatic heterocycles. The summed E-state index contributed by atoms with van der Waals surface area (Å²) in [6.45, 7) is 6.47. The molecule has 0 aromatic carbocycles. The molecule has 3 heteroatoms. The number of nitrogens with one attached hydrogen (secondary N) is 1. The molecule has 0 saturated heterocycles. The van der Waals surface area contributed by atoms with Crippen LogP contribution in [0.2, 0.25) is 0 Å². The van der Waals surface area contributed by atoms with Gasteiger partial charge in [-0.05, 0) is 37.5 Å². The Morgan fingerprint density at radius 2 is 1.87 bits per heavy atom. The van der Waals surface area contributed by atoms with Gasteiger partial charge in [0.05, 0.1) is 0 Å². The summed E-state index contributed by atoms with van der Waals surface area (Å²) in [4.78, 5) is 3.99. The Morgan fingerprint density at radius 3 is 2.40 bits per heavy atom. The number of aliphatic hydroxyl groups excluding tert-OH is 1. The molecule has 0 radical (unpaired) electrons. The highest BCUT2D eigenvalue weighted by Gasteiger charge is 2.14. The first-order valence-corrected chi connectivity index (χ1v) is 5.42. The van der Waals surface area contributed by atoms with Crippen molar-refractivity contribution in [3.63, 3.8) is 0 Å². The van der Waals surface area contributed by atoms with E-state index in [4.69, 9.17) is 5.11 Å². The van der Waals surface area contributed by atoms with Crippen molar-refractivity contribution in [3.8, 4) is 0 Å². The summed E-state index contributed by atoms with van der Waals surface area (Å²) < 4.78 is 0. The van der Waals surface area contributed by atoms with E-state index in [0.717, 1.165) is 0 Å². The van der Waals surface area contributed by atoms with E-state index in [1.807, 2.05) is 19.1 Å². The first-order chi connectivity index (χ1) is 7.15. The molecular weight excluding hydrogens is 188 g/mol. The van der Waals surface area contributed by atoms with Crippen molar-refractivity contribution in [3.05, 3.63) is 30.1 Å². The summed E-state index contributed by atoms with van der Waals surface area (Å²) in [5.41, 5.74) is 1.22. The minimum Gasteiger partial charge on any atom is -0.396 e. The van der Waals surface area contributed by atoms with Gasteiger partial charge in [-0.25, -0.2) is 0 Å². The van der Waals surface area contributed by atoms with Crippen molar-refractivity contribution < 1.29 is 5.11 Å². The summed E-state index contributed by atoms with van der Waals surface area (Å²) >= 11 is 0. The van der Waals surface area contributed by atoms with Gasteiger partial charge in [-0.15, -0.1) is 0 Å². The van der Waals surface area contributed by atoms with Crippen LogP contribution >= 0.6 is 0 Å². The zero-order chi connectivity index (χ0) is 11.3. The molecule has 0 aliphatic carbocycles. The fraction of sp³-hybridized carbons (Fsp3) is 0.583. The molecule has 0 spiro atoms. The third-order valence-corrected chi connectivity index (χ3v) is 2.86. The molecule has 3 atom stereocenters. The number of nitrogens with zero attached hydrogens (tertiary/aromatic N) is 1. The van der Waals surface area contributed by atoms with Crippen molar-refractivity contribution in [2.75, 3.05) is 6.61 Å². The smallest absolute Gasteiger partial charge is 0.0471 e. The first kappa shape index (κ1) is 12.1. The number of rotatable bonds is 5. The summed E-state index contributed by atoms with van der Waals surface area (Å²) in [7, 11) is 0. The molecule has 0 saturated carbocycles. The normalized spacial score (nSPS) is 17.1. The van der Waals surface area contributed by atoms with Crippen molar-refractivity contribution in [1.29, 1.82) is 0 Å². The molecule has 3 nitrogen and oxygen atoms in total. The minimum atomic E-state index is 0.219. The van der Waals surface area contributed by atoms with Gasteiger partial charge < -0.3 is 10.4 Å². The quantitative estimate of drug-likeness (QED) is 0.775. The topological polar surface area (TPSA) is 45.1 Å². The lowest BCUT2D eigenvalue weighted by Gasteiger charge is -2.24. The van der Waals surface area contributed by atoms with Gasteiger partial charge in [-0.2, -0.15) is 0 Å². The van der Waals surface area contributed by atoms with Crippen LogP contribution in [0.5, 0.6) is 0 Å². The van der Waals surface area contributed by atoms with E-state index in [0.29, 0.717) is 6.04 Å². The molecule has 0 fully saturated rings. The lowest BCUT2D eigenvalue weighted by Crippen LogP contribution is -2.35. The predicted octanol–water partition coefficient (Wildman–Crippen LogP) is 1.75. The highest BCUT2D eigenvalue weighted by atomic mass is 16.3. The van der Waals surface area contributed by atoms with Crippen molar-refractivity contribution in [2.24, 2.45) is 5.92 Å². The average Bonchev–Trinajstić information content (AvgIpc) is 2.29. The van der Waals surface area contributed by atoms with Crippen LogP contribution in [0.25, 0.3) is 0 Å². The largest absolute Gasteiger partial charge is 0.396 e. The summed E-state index contributed by atoms with van der Waals surface area (Å²) in [6.07, 6.45) is 3.60. The highest BCUT2D eigenvalue weighted by Crippen LogP contribution is 2.13. The molecule has 0 bridgehead atoms. The van der Waals surface area contributed by atoms with Gasteiger partial charge in [-0.3, -0.25) is 4.98 Å². The van der Waals surface area contributed by atoms with E-state index in [9.17, 15) is 0 Å². The van der Waals surface area contributed by atoms with Crippen LogP contribution in [0.4, 0.5) is 0 Å². The molecule has 84 valence electrons. The van der Waals surface area contributed by atoms with E-state index in [-0.39, 0.29) is 18.6 Å². The third kappa shape index (κ3) is 3.61. The number of pyridine rings is 1. The maximum Gasteiger partial charge on any atom is 0.0471 e. The SMILES string of the molecule is CC(NC(C)C(C)CO)c1ccncc1. The van der Waals surface area contributed by atoms with Crippen LogP contribution in [0.1, 0.15) is 32.4 Å². The van der Waals surface area contributed by atoms with Crippen LogP contribution in [0.3, 0.4) is 0 Å². The molecule has 1 heterocycles. The second-order valence-electron chi connectivity index (χ2n) is 4.12. The standard InChI is InChI=1S/C12H20N2O/c1-9(8-15)10(2)14-11(3)12-4-6-13-7-5-12/h4-7,9-11,14-15H,8H2,1-3H3. The number of hydrogen-bond donors (Lipinski definition) is 2. The van der Waals surface area contributed by atoms with Crippen molar-refractivity contribution in [1.82, 2.24) is 10.3 Å². The second-order valence-corrected chi connectivity index (χ2v) is 4.12. The Morgan fingerprint density at radius 1 is 1.27 bits per heavy atom.